The molecule has 0 unspecified atom stereocenters. The van der Waals surface area contributed by atoms with Gasteiger partial charge in [0, 0.05) is 39.3 Å². The number of hydrazine groups is 1. The highest BCUT2D eigenvalue weighted by molar-refractivity contribution is 7.24. The molecule has 0 bridgehead atoms. The van der Waals surface area contributed by atoms with Gasteiger partial charge in [0.25, 0.3) is 5.91 Å². The number of carbonyl (C=O) groups is 1. The van der Waals surface area contributed by atoms with Crippen LogP contribution >= 0.6 is 11.3 Å². The molecule has 2 saturated heterocycles. The van der Waals surface area contributed by atoms with Gasteiger partial charge in [-0.2, -0.15) is 0 Å². The second-order valence-electron chi connectivity index (χ2n) is 9.23. The zero-order valence-corrected chi connectivity index (χ0v) is 20.1. The topological polar surface area (TPSA) is 73.2 Å². The second-order valence-corrected chi connectivity index (χ2v) is 10.3. The van der Waals surface area contributed by atoms with E-state index >= 15 is 0 Å². The minimum atomic E-state index is -0.347. The van der Waals surface area contributed by atoms with Crippen LogP contribution in [-0.4, -0.2) is 71.5 Å². The molecule has 0 radical (unpaired) electrons. The van der Waals surface area contributed by atoms with Crippen molar-refractivity contribution in [1.29, 1.82) is 0 Å². The molecular formula is C25H28N6O2S. The van der Waals surface area contributed by atoms with Gasteiger partial charge in [-0.25, -0.2) is 9.99 Å². The molecule has 5 heterocycles. The van der Waals surface area contributed by atoms with E-state index in [0.717, 1.165) is 68.1 Å². The second kappa shape index (κ2) is 8.65. The first-order valence-corrected chi connectivity index (χ1v) is 12.8. The van der Waals surface area contributed by atoms with Gasteiger partial charge in [0.1, 0.15) is 16.2 Å². The summed E-state index contributed by atoms with van der Waals surface area (Å²) < 4.78 is 3.02. The molecule has 2 fully saturated rings. The molecule has 1 amide bonds. The number of hydrogen-bond donors (Lipinski definition) is 1. The van der Waals surface area contributed by atoms with Crippen LogP contribution in [0.3, 0.4) is 0 Å². The number of aromatic nitrogens is 2. The van der Waals surface area contributed by atoms with Crippen molar-refractivity contribution in [3.8, 4) is 0 Å². The predicted molar refractivity (Wildman–Crippen MR) is 137 cm³/mol. The smallest absolute Gasteiger partial charge is 0.272 e. The first-order chi connectivity index (χ1) is 16.6. The Morgan fingerprint density at radius 2 is 1.74 bits per heavy atom. The Morgan fingerprint density at radius 3 is 2.53 bits per heavy atom. The Kier molecular flexibility index (Phi) is 5.47. The molecule has 0 saturated carbocycles. The molecule has 0 atom stereocenters. The van der Waals surface area contributed by atoms with E-state index in [1.165, 1.54) is 17.8 Å². The molecule has 0 aliphatic carbocycles. The van der Waals surface area contributed by atoms with Crippen molar-refractivity contribution in [3.63, 3.8) is 0 Å². The molecule has 1 N–H and O–H groups in total. The van der Waals surface area contributed by atoms with Crippen molar-refractivity contribution >= 4 is 49.1 Å². The Hall–Kier alpha value is -3.01. The van der Waals surface area contributed by atoms with Crippen molar-refractivity contribution in [3.05, 3.63) is 52.2 Å². The lowest BCUT2D eigenvalue weighted by Crippen LogP contribution is -2.53. The van der Waals surface area contributed by atoms with Crippen molar-refractivity contribution in [1.82, 2.24) is 24.7 Å². The molecule has 4 aromatic rings. The summed E-state index contributed by atoms with van der Waals surface area (Å²) in [5.74, 6) is 0.547. The van der Waals surface area contributed by atoms with Crippen LogP contribution in [-0.2, 0) is 0 Å². The Morgan fingerprint density at radius 1 is 0.971 bits per heavy atom. The Labute approximate surface area is 201 Å². The van der Waals surface area contributed by atoms with Gasteiger partial charge in [-0.1, -0.05) is 12.1 Å². The molecule has 9 heteroatoms. The molecule has 6 rings (SSSR count). The zero-order valence-electron chi connectivity index (χ0n) is 19.3. The molecule has 176 valence electrons. The quantitative estimate of drug-likeness (QED) is 0.490. The van der Waals surface area contributed by atoms with E-state index in [-0.39, 0.29) is 16.9 Å². The summed E-state index contributed by atoms with van der Waals surface area (Å²) >= 11 is 1.47. The zero-order chi connectivity index (χ0) is 23.2. The molecule has 3 aromatic heterocycles. The van der Waals surface area contributed by atoms with Crippen molar-refractivity contribution in [2.75, 3.05) is 51.2 Å². The number of anilines is 1. The molecule has 1 aromatic carbocycles. The van der Waals surface area contributed by atoms with Crippen molar-refractivity contribution in [2.24, 2.45) is 0 Å². The lowest BCUT2D eigenvalue weighted by atomic mass is 10.1. The van der Waals surface area contributed by atoms with Gasteiger partial charge >= 0.3 is 0 Å². The highest BCUT2D eigenvalue weighted by Crippen LogP contribution is 2.31. The van der Waals surface area contributed by atoms with Crippen LogP contribution in [0.2, 0.25) is 0 Å². The summed E-state index contributed by atoms with van der Waals surface area (Å²) in [5.41, 5.74) is 4.51. The molecule has 0 spiro atoms. The van der Waals surface area contributed by atoms with Crippen LogP contribution in [0.25, 0.3) is 26.1 Å². The van der Waals surface area contributed by atoms with Gasteiger partial charge in [-0.3, -0.25) is 19.4 Å². The van der Waals surface area contributed by atoms with Crippen LogP contribution in [0.4, 0.5) is 5.82 Å². The van der Waals surface area contributed by atoms with E-state index in [4.69, 9.17) is 4.98 Å². The molecular weight excluding hydrogens is 448 g/mol. The predicted octanol–water partition coefficient (Wildman–Crippen LogP) is 2.94. The summed E-state index contributed by atoms with van der Waals surface area (Å²) in [6, 6.07) is 11.8. The third-order valence-electron chi connectivity index (χ3n) is 6.94. The first-order valence-electron chi connectivity index (χ1n) is 12.0. The van der Waals surface area contributed by atoms with E-state index in [0.29, 0.717) is 15.9 Å². The third-order valence-corrected chi connectivity index (χ3v) is 8.09. The van der Waals surface area contributed by atoms with Gasteiger partial charge in [-0.05, 0) is 50.6 Å². The normalized spacial score (nSPS) is 18.2. The number of rotatable bonds is 3. The van der Waals surface area contributed by atoms with E-state index in [2.05, 4.69) is 22.3 Å². The van der Waals surface area contributed by atoms with E-state index in [1.54, 1.807) is 0 Å². The number of benzene rings is 1. The highest BCUT2D eigenvalue weighted by Gasteiger charge is 2.25. The monoisotopic (exact) mass is 476 g/mol. The van der Waals surface area contributed by atoms with Crippen LogP contribution in [0, 0.1) is 0 Å². The fourth-order valence-electron chi connectivity index (χ4n) is 5.00. The number of carbonyl (C=O) groups excluding carboxylic acids is 1. The average Bonchev–Trinajstić information content (AvgIpc) is 3.25. The summed E-state index contributed by atoms with van der Waals surface area (Å²) in [6.45, 7) is 5.16. The minimum absolute atomic E-state index is 0.195. The molecule has 2 aliphatic heterocycles. The van der Waals surface area contributed by atoms with Gasteiger partial charge in [0.2, 0.25) is 5.43 Å². The van der Waals surface area contributed by atoms with Gasteiger partial charge in [0.05, 0.1) is 15.6 Å². The van der Waals surface area contributed by atoms with E-state index in [1.807, 2.05) is 45.8 Å². The van der Waals surface area contributed by atoms with Crippen LogP contribution in [0.1, 0.15) is 29.6 Å². The number of pyridine rings is 2. The average molecular weight is 477 g/mol. The first kappa shape index (κ1) is 21.5. The number of fused-ring (bicyclic) bond motifs is 5. The third kappa shape index (κ3) is 3.64. The number of piperazine rings is 1. The molecule has 2 aliphatic rings. The van der Waals surface area contributed by atoms with Gasteiger partial charge in [-0.15, -0.1) is 11.3 Å². The summed E-state index contributed by atoms with van der Waals surface area (Å²) in [4.78, 5) is 37.3. The van der Waals surface area contributed by atoms with E-state index < -0.39 is 0 Å². The number of nitrogens with one attached hydrogen (secondary N) is 1. The highest BCUT2D eigenvalue weighted by atomic mass is 32.1. The number of hydrogen-bond acceptors (Lipinski definition) is 7. The van der Waals surface area contributed by atoms with Crippen LogP contribution < -0.4 is 15.8 Å². The molecule has 34 heavy (non-hydrogen) atoms. The SMILES string of the molecule is CN1CCN(NC(=O)c2c(=O)c3ccc(N4CCCCC4)nc3n3c2sc2ccccc23)CC1. The maximum atomic E-state index is 13.7. The number of amides is 1. The lowest BCUT2D eigenvalue weighted by Gasteiger charge is -2.32. The fourth-order valence-corrected chi connectivity index (χ4v) is 6.18. The lowest BCUT2D eigenvalue weighted by molar-refractivity contribution is 0.0663. The maximum Gasteiger partial charge on any atom is 0.272 e. The Bertz CT molecular complexity index is 1450. The number of likely N-dealkylation sites (N-methyl/N-ethyl adjacent to an activating group) is 1. The number of para-hydroxylation sites is 1. The number of thiazole rings is 1. The van der Waals surface area contributed by atoms with Crippen LogP contribution in [0.5, 0.6) is 0 Å². The fraction of sp³-hybridized carbons (Fsp3) is 0.400. The van der Waals surface area contributed by atoms with Crippen LogP contribution in [0.15, 0.2) is 41.2 Å². The Balaban J connectivity index is 1.53. The largest absolute Gasteiger partial charge is 0.357 e. The number of piperidine rings is 1. The summed E-state index contributed by atoms with van der Waals surface area (Å²) in [6.07, 6.45) is 3.55. The van der Waals surface area contributed by atoms with Gasteiger partial charge in [0.15, 0.2) is 5.65 Å². The maximum absolute atomic E-state index is 13.7. The van der Waals surface area contributed by atoms with Crippen molar-refractivity contribution < 1.29 is 4.79 Å². The summed E-state index contributed by atoms with van der Waals surface area (Å²) in [5, 5.41) is 2.39. The number of nitrogens with zero attached hydrogens (tertiary/aromatic N) is 5. The summed E-state index contributed by atoms with van der Waals surface area (Å²) in [7, 11) is 2.07. The van der Waals surface area contributed by atoms with Gasteiger partial charge < -0.3 is 9.80 Å². The molecule has 8 nitrogen and oxygen atoms in total. The standard InChI is InChI=1S/C25H28N6O2S/c1-28-13-15-30(16-14-28)27-24(33)21-22(32)17-9-10-20(29-11-5-2-6-12-29)26-23(17)31-18-7-3-4-8-19(18)34-25(21)31/h3-4,7-10H,2,5-6,11-16H2,1H3,(H,27,33). The van der Waals surface area contributed by atoms with Crippen molar-refractivity contribution in [2.45, 2.75) is 19.3 Å². The van der Waals surface area contributed by atoms with E-state index in [9.17, 15) is 9.59 Å². The minimum Gasteiger partial charge on any atom is -0.357 e.